The van der Waals surface area contributed by atoms with E-state index in [-0.39, 0.29) is 0 Å². The zero-order valence-corrected chi connectivity index (χ0v) is 8.05. The first-order valence-corrected chi connectivity index (χ1v) is 5.25. The molecule has 0 aromatic heterocycles. The second-order valence-corrected chi connectivity index (χ2v) is 4.58. The predicted octanol–water partition coefficient (Wildman–Crippen LogP) is 2.90. The fraction of sp³-hybridized carbons (Fsp3) is 0.909. The van der Waals surface area contributed by atoms with Gasteiger partial charge in [-0.15, -0.1) is 0 Å². The smallest absolute Gasteiger partial charge is 0.0441 e. The summed E-state index contributed by atoms with van der Waals surface area (Å²) in [6, 6.07) is 0. The summed E-state index contributed by atoms with van der Waals surface area (Å²) in [6.07, 6.45) is 7.15. The van der Waals surface area contributed by atoms with Gasteiger partial charge in [0.1, 0.15) is 0 Å². The zero-order valence-electron chi connectivity index (χ0n) is 8.05. The molecule has 0 aromatic carbocycles. The highest BCUT2D eigenvalue weighted by molar-refractivity contribution is 5.24. The van der Waals surface area contributed by atoms with Crippen LogP contribution in [0.3, 0.4) is 0 Å². The fourth-order valence-corrected chi connectivity index (χ4v) is 3.35. The van der Waals surface area contributed by atoms with E-state index in [1.807, 2.05) is 0 Å². The minimum Gasteiger partial charge on any atom is -0.300 e. The summed E-state index contributed by atoms with van der Waals surface area (Å²) in [5.74, 6) is 2.07. The lowest BCUT2D eigenvalue weighted by molar-refractivity contribution is 0.0878. The molecule has 1 nitrogen and oxygen atoms in total. The SMILES string of the molecule is C=NCC1(CC)CCC2CCC21. The van der Waals surface area contributed by atoms with Crippen molar-refractivity contribution in [3.8, 4) is 0 Å². The van der Waals surface area contributed by atoms with Crippen LogP contribution in [0, 0.1) is 17.3 Å². The van der Waals surface area contributed by atoms with Crippen LogP contribution in [0.2, 0.25) is 0 Å². The van der Waals surface area contributed by atoms with E-state index in [4.69, 9.17) is 0 Å². The van der Waals surface area contributed by atoms with Gasteiger partial charge in [0, 0.05) is 6.54 Å². The zero-order chi connectivity index (χ0) is 8.60. The molecule has 2 fully saturated rings. The van der Waals surface area contributed by atoms with E-state index < -0.39 is 0 Å². The third-order valence-electron chi connectivity index (χ3n) is 4.35. The summed E-state index contributed by atoms with van der Waals surface area (Å²) in [7, 11) is 0. The second-order valence-electron chi connectivity index (χ2n) is 4.58. The Kier molecular flexibility index (Phi) is 1.97. The lowest BCUT2D eigenvalue weighted by Crippen LogP contribution is -2.36. The molecule has 0 N–H and O–H groups in total. The minimum absolute atomic E-state index is 0.574. The molecule has 3 unspecified atom stereocenters. The lowest BCUT2D eigenvalue weighted by atomic mass is 9.64. The molecule has 0 spiro atoms. The first-order valence-electron chi connectivity index (χ1n) is 5.25. The second kappa shape index (κ2) is 2.86. The van der Waals surface area contributed by atoms with E-state index in [0.717, 1.165) is 18.4 Å². The van der Waals surface area contributed by atoms with E-state index in [0.29, 0.717) is 5.41 Å². The Morgan fingerprint density at radius 2 is 2.25 bits per heavy atom. The van der Waals surface area contributed by atoms with Crippen LogP contribution >= 0.6 is 0 Å². The van der Waals surface area contributed by atoms with Crippen LogP contribution in [0.5, 0.6) is 0 Å². The van der Waals surface area contributed by atoms with Gasteiger partial charge in [-0.25, -0.2) is 0 Å². The van der Waals surface area contributed by atoms with Gasteiger partial charge in [-0.05, 0) is 56.1 Å². The number of fused-ring (bicyclic) bond motifs is 1. The van der Waals surface area contributed by atoms with E-state index in [1.165, 1.54) is 32.1 Å². The molecule has 2 aliphatic rings. The van der Waals surface area contributed by atoms with Crippen molar-refractivity contribution in [2.75, 3.05) is 6.54 Å². The van der Waals surface area contributed by atoms with Crippen molar-refractivity contribution in [3.63, 3.8) is 0 Å². The van der Waals surface area contributed by atoms with Gasteiger partial charge in [-0.1, -0.05) is 6.92 Å². The monoisotopic (exact) mass is 165 g/mol. The van der Waals surface area contributed by atoms with E-state index in [2.05, 4.69) is 18.6 Å². The summed E-state index contributed by atoms with van der Waals surface area (Å²) in [5.41, 5.74) is 0.574. The van der Waals surface area contributed by atoms with Crippen molar-refractivity contribution in [1.29, 1.82) is 0 Å². The molecule has 0 aliphatic heterocycles. The molecule has 0 bridgehead atoms. The van der Waals surface area contributed by atoms with Gasteiger partial charge in [0.2, 0.25) is 0 Å². The van der Waals surface area contributed by atoms with Crippen LogP contribution in [0.25, 0.3) is 0 Å². The van der Waals surface area contributed by atoms with Crippen LogP contribution in [0.15, 0.2) is 4.99 Å². The van der Waals surface area contributed by atoms with Gasteiger partial charge >= 0.3 is 0 Å². The standard InChI is InChI=1S/C11H19N/c1-3-11(8-12-2)7-6-9-4-5-10(9)11/h9-10H,2-8H2,1H3. The Morgan fingerprint density at radius 3 is 2.67 bits per heavy atom. The maximum Gasteiger partial charge on any atom is 0.0441 e. The molecule has 12 heavy (non-hydrogen) atoms. The van der Waals surface area contributed by atoms with Crippen molar-refractivity contribution >= 4 is 6.72 Å². The maximum absolute atomic E-state index is 4.13. The fourth-order valence-electron chi connectivity index (χ4n) is 3.35. The van der Waals surface area contributed by atoms with E-state index in [1.54, 1.807) is 0 Å². The number of hydrogen-bond donors (Lipinski definition) is 0. The van der Waals surface area contributed by atoms with Gasteiger partial charge in [0.05, 0.1) is 0 Å². The number of aliphatic imine (C=N–C) groups is 1. The summed E-state index contributed by atoms with van der Waals surface area (Å²) in [5, 5.41) is 0. The molecule has 0 saturated heterocycles. The topological polar surface area (TPSA) is 12.4 Å². The largest absolute Gasteiger partial charge is 0.300 e. The molecule has 0 amide bonds. The molecule has 2 aliphatic carbocycles. The van der Waals surface area contributed by atoms with Gasteiger partial charge in [0.15, 0.2) is 0 Å². The third kappa shape index (κ3) is 0.949. The molecule has 2 rings (SSSR count). The first kappa shape index (κ1) is 8.28. The average Bonchev–Trinajstić information content (AvgIpc) is 2.24. The Morgan fingerprint density at radius 1 is 1.42 bits per heavy atom. The van der Waals surface area contributed by atoms with E-state index in [9.17, 15) is 0 Å². The normalized spacial score (nSPS) is 45.1. The molecule has 0 aromatic rings. The molecule has 68 valence electrons. The Balaban J connectivity index is 2.11. The van der Waals surface area contributed by atoms with Crippen molar-refractivity contribution < 1.29 is 0 Å². The van der Waals surface area contributed by atoms with Gasteiger partial charge in [0.25, 0.3) is 0 Å². The van der Waals surface area contributed by atoms with Crippen molar-refractivity contribution in [1.82, 2.24) is 0 Å². The number of nitrogens with zero attached hydrogens (tertiary/aromatic N) is 1. The molecular weight excluding hydrogens is 146 g/mol. The van der Waals surface area contributed by atoms with Gasteiger partial charge < -0.3 is 4.99 Å². The van der Waals surface area contributed by atoms with Crippen molar-refractivity contribution in [3.05, 3.63) is 0 Å². The first-order chi connectivity index (χ1) is 5.82. The van der Waals surface area contributed by atoms with Crippen LogP contribution < -0.4 is 0 Å². The molecule has 2 saturated carbocycles. The Bertz CT molecular complexity index is 187. The Hall–Kier alpha value is -0.330. The summed E-state index contributed by atoms with van der Waals surface area (Å²) < 4.78 is 0. The predicted molar refractivity (Wildman–Crippen MR) is 52.6 cm³/mol. The molecule has 0 heterocycles. The van der Waals surface area contributed by atoms with Crippen LogP contribution in [0.1, 0.15) is 39.0 Å². The highest BCUT2D eigenvalue weighted by Crippen LogP contribution is 2.58. The van der Waals surface area contributed by atoms with Crippen LogP contribution in [-0.4, -0.2) is 13.3 Å². The average molecular weight is 165 g/mol. The van der Waals surface area contributed by atoms with Crippen LogP contribution in [-0.2, 0) is 0 Å². The van der Waals surface area contributed by atoms with Crippen molar-refractivity contribution in [2.24, 2.45) is 22.2 Å². The minimum atomic E-state index is 0.574. The number of rotatable bonds is 3. The highest BCUT2D eigenvalue weighted by Gasteiger charge is 2.50. The summed E-state index contributed by atoms with van der Waals surface area (Å²) >= 11 is 0. The number of hydrogen-bond acceptors (Lipinski definition) is 1. The Labute approximate surface area is 75.3 Å². The third-order valence-corrected chi connectivity index (χ3v) is 4.35. The highest BCUT2D eigenvalue weighted by atomic mass is 14.7. The lowest BCUT2D eigenvalue weighted by Gasteiger charge is -2.42. The molecular formula is C11H19N. The van der Waals surface area contributed by atoms with Crippen LogP contribution in [0.4, 0.5) is 0 Å². The molecule has 3 atom stereocenters. The maximum atomic E-state index is 4.13. The summed E-state index contributed by atoms with van der Waals surface area (Å²) in [6.45, 7) is 6.99. The van der Waals surface area contributed by atoms with Crippen molar-refractivity contribution in [2.45, 2.75) is 39.0 Å². The summed E-state index contributed by atoms with van der Waals surface area (Å²) in [4.78, 5) is 4.13. The van der Waals surface area contributed by atoms with Gasteiger partial charge in [-0.2, -0.15) is 0 Å². The molecule has 1 heteroatoms. The quantitative estimate of drug-likeness (QED) is 0.570. The van der Waals surface area contributed by atoms with E-state index >= 15 is 0 Å². The molecule has 0 radical (unpaired) electrons. The van der Waals surface area contributed by atoms with Gasteiger partial charge in [-0.3, -0.25) is 0 Å².